The molecular weight excluding hydrogens is 1030 g/mol. The molecule has 8 N–H and O–H groups in total. The molecule has 78 heavy (non-hydrogen) atoms. The molecule has 0 radical (unpaired) electrons. The number of nitrogens with two attached hydrogens (primary N) is 1. The van der Waals surface area contributed by atoms with E-state index >= 15 is 0 Å². The molecule has 4 fully saturated rings. The summed E-state index contributed by atoms with van der Waals surface area (Å²) in [6.45, 7) is 4.74. The van der Waals surface area contributed by atoms with Gasteiger partial charge in [-0.25, -0.2) is 9.59 Å². The Morgan fingerprint density at radius 1 is 0.769 bits per heavy atom. The number of rotatable bonds is 29. The molecule has 1 aromatic heterocycles. The topological polar surface area (TPSA) is 366 Å². The largest absolute Gasteiger partial charge is 0.480 e. The van der Waals surface area contributed by atoms with Crippen LogP contribution in [0, 0.1) is 5.92 Å². The molecule has 27 nitrogen and oxygen atoms in total. The van der Waals surface area contributed by atoms with E-state index in [9.17, 15) is 59.1 Å². The number of aliphatic hydroxyl groups excluding tert-OH is 4. The van der Waals surface area contributed by atoms with Crippen LogP contribution >= 0.6 is 0 Å². The molecule has 4 aliphatic rings. The van der Waals surface area contributed by atoms with Gasteiger partial charge in [-0.2, -0.15) is 0 Å². The zero-order chi connectivity index (χ0) is 57.5. The number of unbranched alkanes of at least 4 members (excludes halogenated alkanes) is 8. The highest BCUT2D eigenvalue weighted by Crippen LogP contribution is 2.37. The van der Waals surface area contributed by atoms with Crippen molar-refractivity contribution in [3.8, 4) is 0 Å². The standard InChI is InChI=1S/C51H83N5O22/c1-9-10-11-12-13-14-15-16-17-18-28(73-32(58)21-26(2)22-33(59)76-50-45(71-8)44(70-7)41(69-6)27(3)72-50)23-34(60)74-30-25-54(4)36(46(65)55(5)35(30)48(66)67)42(78-49-40(64)37(61)29(24-52)75-49)43-38(62)39(63)47(77-43)56-20-19-31(57)53-51(56)68/h19-20,26-30,35-45,47,49-50,61-64H,9-18,21-25,52H2,1-8H3,(H,66,67)(H,53,57,68). The number of nitrogens with one attached hydrogen (secondary N) is 1. The van der Waals surface area contributed by atoms with Gasteiger partial charge >= 0.3 is 29.6 Å². The number of ether oxygens (including phenoxy) is 10. The fourth-order valence-electron chi connectivity index (χ4n) is 10.7. The summed E-state index contributed by atoms with van der Waals surface area (Å²) in [5.74, 6) is -5.57. The number of carboxylic acid groups (broad SMARTS) is 1. The Labute approximate surface area is 452 Å². The van der Waals surface area contributed by atoms with Gasteiger partial charge in [-0.15, -0.1) is 0 Å². The smallest absolute Gasteiger partial charge is 0.330 e. The van der Waals surface area contributed by atoms with Gasteiger partial charge in [0.25, 0.3) is 5.56 Å². The maximum absolute atomic E-state index is 14.7. The van der Waals surface area contributed by atoms with Crippen molar-refractivity contribution >= 4 is 29.8 Å². The molecule has 0 bridgehead atoms. The minimum atomic E-state index is -1.97. The number of H-pyrrole nitrogens is 1. The van der Waals surface area contributed by atoms with Gasteiger partial charge in [0.15, 0.2) is 18.6 Å². The van der Waals surface area contributed by atoms with Gasteiger partial charge in [-0.05, 0) is 32.7 Å². The summed E-state index contributed by atoms with van der Waals surface area (Å²) in [5.41, 5.74) is 3.94. The molecule has 0 aromatic carbocycles. The van der Waals surface area contributed by atoms with Crippen molar-refractivity contribution in [1.82, 2.24) is 19.4 Å². The number of amides is 1. The number of hydrogen-bond acceptors (Lipinski definition) is 23. The molecule has 0 aliphatic carbocycles. The molecule has 4 aliphatic heterocycles. The molecule has 1 amide bonds. The van der Waals surface area contributed by atoms with E-state index in [-0.39, 0.29) is 25.8 Å². The number of carbonyl (C=O) groups is 5. The lowest BCUT2D eigenvalue weighted by molar-refractivity contribution is -0.297. The minimum absolute atomic E-state index is 0.215. The minimum Gasteiger partial charge on any atom is -0.480 e. The fraction of sp³-hybridized carbons (Fsp3) is 0.824. The van der Waals surface area contributed by atoms with Crippen LogP contribution in [0.25, 0.3) is 0 Å². The van der Waals surface area contributed by atoms with Crippen molar-refractivity contribution in [2.75, 3.05) is 48.5 Å². The molecule has 5 rings (SSSR count). The van der Waals surface area contributed by atoms with Crippen LogP contribution in [0.4, 0.5) is 0 Å². The Balaban J connectivity index is 1.33. The first kappa shape index (κ1) is 64.3. The van der Waals surface area contributed by atoms with E-state index in [4.69, 9.17) is 53.1 Å². The summed E-state index contributed by atoms with van der Waals surface area (Å²) >= 11 is 0. The summed E-state index contributed by atoms with van der Waals surface area (Å²) in [6, 6.07) is -2.60. The van der Waals surface area contributed by atoms with Crippen LogP contribution < -0.4 is 17.0 Å². The number of aromatic nitrogens is 2. The highest BCUT2D eigenvalue weighted by molar-refractivity contribution is 5.88. The first-order valence-electron chi connectivity index (χ1n) is 26.8. The number of aliphatic hydroxyl groups is 4. The summed E-state index contributed by atoms with van der Waals surface area (Å²) in [6.07, 6.45) is -12.6. The molecule has 5 heterocycles. The molecule has 4 saturated heterocycles. The normalized spacial score (nSPS) is 32.8. The fourth-order valence-corrected chi connectivity index (χ4v) is 10.7. The second-order valence-corrected chi connectivity index (χ2v) is 20.7. The number of aliphatic carboxylic acids is 1. The van der Waals surface area contributed by atoms with Gasteiger partial charge < -0.3 is 83.5 Å². The summed E-state index contributed by atoms with van der Waals surface area (Å²) in [5, 5.41) is 55.1. The van der Waals surface area contributed by atoms with Crippen molar-refractivity contribution in [2.24, 2.45) is 11.7 Å². The average molecular weight is 1120 g/mol. The molecule has 27 heteroatoms. The van der Waals surface area contributed by atoms with Crippen LogP contribution in [0.5, 0.6) is 0 Å². The van der Waals surface area contributed by atoms with Crippen LogP contribution in [0.2, 0.25) is 0 Å². The quantitative estimate of drug-likeness (QED) is 0.0289. The third-order valence-corrected chi connectivity index (χ3v) is 14.9. The first-order valence-corrected chi connectivity index (χ1v) is 26.8. The predicted molar refractivity (Wildman–Crippen MR) is 270 cm³/mol. The van der Waals surface area contributed by atoms with Crippen molar-refractivity contribution in [1.29, 1.82) is 0 Å². The van der Waals surface area contributed by atoms with E-state index in [0.29, 0.717) is 6.42 Å². The number of nitrogens with zero attached hydrogens (tertiary/aromatic N) is 3. The first-order chi connectivity index (χ1) is 37.1. The number of hydrogen-bond donors (Lipinski definition) is 7. The second-order valence-electron chi connectivity index (χ2n) is 20.7. The van der Waals surface area contributed by atoms with E-state index in [0.717, 1.165) is 73.7 Å². The molecular formula is C51H83N5O22. The summed E-state index contributed by atoms with van der Waals surface area (Å²) in [7, 11) is 6.87. The number of esters is 3. The molecule has 0 spiro atoms. The van der Waals surface area contributed by atoms with Crippen molar-refractivity contribution in [2.45, 2.75) is 214 Å². The number of methoxy groups -OCH3 is 3. The average Bonchev–Trinajstić information content (AvgIpc) is 3.79. The SMILES string of the molecule is CCCCCCCCCCCC(CC(=O)OC1CN(C)C(C(OC2OC(CN)C(O)C2O)C2OC(n3ccc(=O)[nH]c3=O)C(O)C2O)C(=O)N(C)C1C(=O)O)OC(=O)CC(C)CC(=O)OC1OC(C)C(OC)C(OC)C1OC. The number of aromatic amines is 1. The van der Waals surface area contributed by atoms with E-state index in [2.05, 4.69) is 6.92 Å². The third kappa shape index (κ3) is 16.3. The van der Waals surface area contributed by atoms with Gasteiger partial charge in [0.2, 0.25) is 12.2 Å². The zero-order valence-electron chi connectivity index (χ0n) is 45.8. The van der Waals surface area contributed by atoms with Gasteiger partial charge in [0.05, 0.1) is 12.5 Å². The highest BCUT2D eigenvalue weighted by Gasteiger charge is 2.57. The van der Waals surface area contributed by atoms with Crippen molar-refractivity contribution < 1.29 is 96.9 Å². The summed E-state index contributed by atoms with van der Waals surface area (Å²) < 4.78 is 58.7. The Morgan fingerprint density at radius 2 is 1.38 bits per heavy atom. The monoisotopic (exact) mass is 1120 g/mol. The lowest BCUT2D eigenvalue weighted by Gasteiger charge is -2.43. The van der Waals surface area contributed by atoms with E-state index < -0.39 is 170 Å². The van der Waals surface area contributed by atoms with Crippen molar-refractivity contribution in [3.05, 3.63) is 33.1 Å². The van der Waals surface area contributed by atoms with E-state index in [1.54, 1.807) is 13.8 Å². The Bertz CT molecular complexity index is 2220. The maximum atomic E-state index is 14.7. The summed E-state index contributed by atoms with van der Waals surface area (Å²) in [4.78, 5) is 97.4. The number of likely N-dealkylation sites (N-methyl/N-ethyl adjacent to an activating group) is 2. The Kier molecular flexibility index (Phi) is 25.0. The second kappa shape index (κ2) is 30.4. The van der Waals surface area contributed by atoms with Gasteiger partial charge in [-0.3, -0.25) is 38.4 Å². The lowest BCUT2D eigenvalue weighted by atomic mass is 9.97. The van der Waals surface area contributed by atoms with Crippen LogP contribution in [0.15, 0.2) is 21.9 Å². The maximum Gasteiger partial charge on any atom is 0.330 e. The predicted octanol–water partition coefficient (Wildman–Crippen LogP) is -0.944. The molecule has 444 valence electrons. The number of carboxylic acids is 1. The Morgan fingerprint density at radius 3 is 1.97 bits per heavy atom. The molecule has 0 saturated carbocycles. The van der Waals surface area contributed by atoms with Crippen molar-refractivity contribution in [3.63, 3.8) is 0 Å². The molecule has 19 unspecified atom stereocenters. The number of carbonyl (C=O) groups excluding carboxylic acids is 4. The van der Waals surface area contributed by atoms with Crippen LogP contribution in [-0.2, 0) is 71.3 Å². The lowest BCUT2D eigenvalue weighted by Crippen LogP contribution is -2.59. The molecule has 19 atom stereocenters. The third-order valence-electron chi connectivity index (χ3n) is 14.9. The van der Waals surface area contributed by atoms with E-state index in [1.165, 1.54) is 39.7 Å². The Hall–Kier alpha value is -4.49. The van der Waals surface area contributed by atoms with Crippen LogP contribution in [0.3, 0.4) is 0 Å². The van der Waals surface area contributed by atoms with Gasteiger partial charge in [0, 0.05) is 66.6 Å². The zero-order valence-corrected chi connectivity index (χ0v) is 45.8. The molecule has 1 aromatic rings. The van der Waals surface area contributed by atoms with Gasteiger partial charge in [0.1, 0.15) is 79.3 Å². The van der Waals surface area contributed by atoms with Crippen LogP contribution in [0.1, 0.15) is 110 Å². The van der Waals surface area contributed by atoms with Gasteiger partial charge in [-0.1, -0.05) is 65.2 Å². The van der Waals surface area contributed by atoms with Crippen LogP contribution in [-0.4, -0.2) is 227 Å². The highest BCUT2D eigenvalue weighted by atomic mass is 16.7. The van der Waals surface area contributed by atoms with E-state index in [1.807, 2.05) is 4.98 Å².